The van der Waals surface area contributed by atoms with Crippen molar-refractivity contribution in [1.29, 1.82) is 0 Å². The standard InChI is InChI=1S/C11H17N/c12-11-6-8-2-1-7-3-9(8)5-10(11)4-7/h1-2,7-11H,3-6,12H2. The molecular weight excluding hydrogens is 146 g/mol. The van der Waals surface area contributed by atoms with Crippen molar-refractivity contribution in [2.75, 3.05) is 0 Å². The quantitative estimate of drug-likeness (QED) is 0.543. The van der Waals surface area contributed by atoms with Crippen molar-refractivity contribution >= 4 is 0 Å². The van der Waals surface area contributed by atoms with Crippen LogP contribution in [0.3, 0.4) is 0 Å². The summed E-state index contributed by atoms with van der Waals surface area (Å²) in [5.41, 5.74) is 6.14. The molecule has 3 bridgehead atoms. The van der Waals surface area contributed by atoms with Gasteiger partial charge in [-0.1, -0.05) is 12.2 Å². The molecule has 0 aromatic heterocycles. The molecule has 66 valence electrons. The van der Waals surface area contributed by atoms with Crippen LogP contribution >= 0.6 is 0 Å². The molecule has 0 aromatic carbocycles. The summed E-state index contributed by atoms with van der Waals surface area (Å²) >= 11 is 0. The zero-order valence-corrected chi connectivity index (χ0v) is 7.45. The number of nitrogens with two attached hydrogens (primary N) is 1. The van der Waals surface area contributed by atoms with Crippen molar-refractivity contribution in [3.8, 4) is 0 Å². The van der Waals surface area contributed by atoms with Gasteiger partial charge in [-0.3, -0.25) is 0 Å². The first-order valence-electron chi connectivity index (χ1n) is 5.27. The molecular formula is C11H17N. The average molecular weight is 163 g/mol. The van der Waals surface area contributed by atoms with Gasteiger partial charge < -0.3 is 5.73 Å². The van der Waals surface area contributed by atoms with Crippen LogP contribution in [0, 0.1) is 23.7 Å². The monoisotopic (exact) mass is 163 g/mol. The van der Waals surface area contributed by atoms with Gasteiger partial charge in [0, 0.05) is 6.04 Å². The molecule has 0 spiro atoms. The van der Waals surface area contributed by atoms with Crippen molar-refractivity contribution < 1.29 is 0 Å². The SMILES string of the molecule is NC1CC2C=CC3CC1CC2C3. The first-order chi connectivity index (χ1) is 5.83. The summed E-state index contributed by atoms with van der Waals surface area (Å²) in [6.07, 6.45) is 10.4. The molecule has 0 heterocycles. The van der Waals surface area contributed by atoms with Crippen LogP contribution < -0.4 is 5.73 Å². The Kier molecular flexibility index (Phi) is 1.40. The van der Waals surface area contributed by atoms with E-state index >= 15 is 0 Å². The molecule has 3 aliphatic rings. The van der Waals surface area contributed by atoms with Gasteiger partial charge in [-0.25, -0.2) is 0 Å². The molecule has 3 aliphatic carbocycles. The number of allylic oxidation sites excluding steroid dienone is 2. The highest BCUT2D eigenvalue weighted by molar-refractivity contribution is 5.09. The van der Waals surface area contributed by atoms with E-state index in [2.05, 4.69) is 12.2 Å². The van der Waals surface area contributed by atoms with Gasteiger partial charge in [0.25, 0.3) is 0 Å². The summed E-state index contributed by atoms with van der Waals surface area (Å²) < 4.78 is 0. The molecule has 5 unspecified atom stereocenters. The van der Waals surface area contributed by atoms with Crippen molar-refractivity contribution in [2.24, 2.45) is 29.4 Å². The minimum absolute atomic E-state index is 0.513. The molecule has 0 aromatic rings. The Hall–Kier alpha value is -0.300. The average Bonchev–Trinajstić information content (AvgIpc) is 2.07. The molecule has 12 heavy (non-hydrogen) atoms. The lowest BCUT2D eigenvalue weighted by atomic mass is 9.59. The fraction of sp³-hybridized carbons (Fsp3) is 0.818. The zero-order chi connectivity index (χ0) is 8.13. The van der Waals surface area contributed by atoms with E-state index in [1.165, 1.54) is 25.7 Å². The fourth-order valence-electron chi connectivity index (χ4n) is 3.55. The van der Waals surface area contributed by atoms with E-state index < -0.39 is 0 Å². The van der Waals surface area contributed by atoms with Gasteiger partial charge in [0.15, 0.2) is 0 Å². The minimum Gasteiger partial charge on any atom is -0.327 e. The number of hydrogen-bond acceptors (Lipinski definition) is 1. The third kappa shape index (κ3) is 0.891. The van der Waals surface area contributed by atoms with Gasteiger partial charge in [-0.05, 0) is 49.4 Å². The van der Waals surface area contributed by atoms with Gasteiger partial charge >= 0.3 is 0 Å². The van der Waals surface area contributed by atoms with Crippen molar-refractivity contribution in [1.82, 2.24) is 0 Å². The minimum atomic E-state index is 0.513. The molecule has 0 amide bonds. The third-order valence-electron chi connectivity index (χ3n) is 4.20. The molecule has 2 N–H and O–H groups in total. The summed E-state index contributed by atoms with van der Waals surface area (Å²) in [6.45, 7) is 0. The van der Waals surface area contributed by atoms with Gasteiger partial charge in [0.05, 0.1) is 0 Å². The summed E-state index contributed by atoms with van der Waals surface area (Å²) in [4.78, 5) is 0. The molecule has 2 fully saturated rings. The summed E-state index contributed by atoms with van der Waals surface area (Å²) in [7, 11) is 0. The van der Waals surface area contributed by atoms with Crippen LogP contribution in [0.15, 0.2) is 12.2 Å². The molecule has 0 saturated heterocycles. The van der Waals surface area contributed by atoms with Crippen molar-refractivity contribution in [3.05, 3.63) is 12.2 Å². The van der Waals surface area contributed by atoms with E-state index in [0.717, 1.165) is 23.7 Å². The second kappa shape index (κ2) is 2.35. The Morgan fingerprint density at radius 1 is 0.917 bits per heavy atom. The Bertz CT molecular complexity index is 221. The number of hydrogen-bond donors (Lipinski definition) is 1. The topological polar surface area (TPSA) is 26.0 Å². The second-order valence-electron chi connectivity index (χ2n) is 4.94. The lowest BCUT2D eigenvalue weighted by Gasteiger charge is -2.48. The molecule has 2 saturated carbocycles. The summed E-state index contributed by atoms with van der Waals surface area (Å²) in [5, 5.41) is 0. The normalized spacial score (nSPS) is 55.9. The Morgan fingerprint density at radius 3 is 2.67 bits per heavy atom. The van der Waals surface area contributed by atoms with Crippen LogP contribution in [-0.2, 0) is 0 Å². The Balaban J connectivity index is 1.96. The molecule has 5 atom stereocenters. The number of fused-ring (bicyclic) bond motifs is 2. The van der Waals surface area contributed by atoms with E-state index in [0.29, 0.717) is 6.04 Å². The lowest BCUT2D eigenvalue weighted by Crippen LogP contribution is -2.46. The summed E-state index contributed by atoms with van der Waals surface area (Å²) in [5.74, 6) is 3.58. The zero-order valence-electron chi connectivity index (χ0n) is 7.45. The van der Waals surface area contributed by atoms with Gasteiger partial charge in [0.1, 0.15) is 0 Å². The molecule has 3 rings (SSSR count). The highest BCUT2D eigenvalue weighted by Gasteiger charge is 2.41. The first kappa shape index (κ1) is 7.14. The van der Waals surface area contributed by atoms with E-state index in [1.807, 2.05) is 0 Å². The Labute approximate surface area is 74.0 Å². The van der Waals surface area contributed by atoms with E-state index in [-0.39, 0.29) is 0 Å². The molecule has 0 aliphatic heterocycles. The predicted molar refractivity (Wildman–Crippen MR) is 49.5 cm³/mol. The van der Waals surface area contributed by atoms with Crippen LogP contribution in [0.5, 0.6) is 0 Å². The Morgan fingerprint density at radius 2 is 1.75 bits per heavy atom. The van der Waals surface area contributed by atoms with E-state index in [4.69, 9.17) is 5.73 Å². The maximum atomic E-state index is 6.14. The second-order valence-corrected chi connectivity index (χ2v) is 4.94. The smallest absolute Gasteiger partial charge is 0.00731 e. The van der Waals surface area contributed by atoms with E-state index in [1.54, 1.807) is 0 Å². The lowest BCUT2D eigenvalue weighted by molar-refractivity contribution is 0.0900. The molecule has 0 radical (unpaired) electrons. The van der Waals surface area contributed by atoms with Gasteiger partial charge in [-0.2, -0.15) is 0 Å². The first-order valence-corrected chi connectivity index (χ1v) is 5.27. The van der Waals surface area contributed by atoms with Crippen LogP contribution in [0.2, 0.25) is 0 Å². The maximum absolute atomic E-state index is 6.14. The van der Waals surface area contributed by atoms with Crippen LogP contribution in [0.1, 0.15) is 25.7 Å². The van der Waals surface area contributed by atoms with Crippen molar-refractivity contribution in [2.45, 2.75) is 31.7 Å². The maximum Gasteiger partial charge on any atom is 0.00731 e. The van der Waals surface area contributed by atoms with Crippen LogP contribution in [-0.4, -0.2) is 6.04 Å². The molecule has 1 heteroatoms. The molecule has 1 nitrogen and oxygen atoms in total. The largest absolute Gasteiger partial charge is 0.327 e. The predicted octanol–water partition coefficient (Wildman–Crippen LogP) is 1.94. The summed E-state index contributed by atoms with van der Waals surface area (Å²) in [6, 6.07) is 0.513. The number of rotatable bonds is 0. The van der Waals surface area contributed by atoms with Crippen LogP contribution in [0.25, 0.3) is 0 Å². The highest BCUT2D eigenvalue weighted by atomic mass is 14.7. The van der Waals surface area contributed by atoms with E-state index in [9.17, 15) is 0 Å². The fourth-order valence-corrected chi connectivity index (χ4v) is 3.55. The van der Waals surface area contributed by atoms with Crippen molar-refractivity contribution in [3.63, 3.8) is 0 Å². The third-order valence-corrected chi connectivity index (χ3v) is 4.20. The van der Waals surface area contributed by atoms with Crippen LogP contribution in [0.4, 0.5) is 0 Å². The highest BCUT2D eigenvalue weighted by Crippen LogP contribution is 2.48. The van der Waals surface area contributed by atoms with Gasteiger partial charge in [-0.15, -0.1) is 0 Å². The van der Waals surface area contributed by atoms with Gasteiger partial charge in [0.2, 0.25) is 0 Å².